The van der Waals surface area contributed by atoms with Gasteiger partial charge in [0.2, 0.25) is 0 Å². The van der Waals surface area contributed by atoms with Gasteiger partial charge in [0.05, 0.1) is 0 Å². The summed E-state index contributed by atoms with van der Waals surface area (Å²) in [4.78, 5) is 2.57. The Bertz CT molecular complexity index is 361. The molecule has 1 aromatic heterocycles. The van der Waals surface area contributed by atoms with Crippen LogP contribution in [0.3, 0.4) is 0 Å². The van der Waals surface area contributed by atoms with Crippen molar-refractivity contribution < 1.29 is 0 Å². The number of nitrogens with zero attached hydrogens (tertiary/aromatic N) is 2. The Morgan fingerprint density at radius 2 is 2.06 bits per heavy atom. The van der Waals surface area contributed by atoms with Crippen molar-refractivity contribution >= 4 is 22.4 Å². The van der Waals surface area contributed by atoms with E-state index in [1.807, 2.05) is 6.07 Å². The molecule has 2 aliphatic rings. The van der Waals surface area contributed by atoms with Crippen molar-refractivity contribution in [3.63, 3.8) is 0 Å². The van der Waals surface area contributed by atoms with E-state index in [1.165, 1.54) is 50.1 Å². The summed E-state index contributed by atoms with van der Waals surface area (Å²) in [6.45, 7) is 1.20. The summed E-state index contributed by atoms with van der Waals surface area (Å²) in [6, 6.07) is 2.81. The van der Waals surface area contributed by atoms with Crippen molar-refractivity contribution in [3.05, 3.63) is 6.07 Å². The Kier molecular flexibility index (Phi) is 2.75. The zero-order valence-corrected chi connectivity index (χ0v) is 10.4. The van der Waals surface area contributed by atoms with Crippen LogP contribution in [0.4, 0.5) is 10.8 Å². The highest BCUT2D eigenvalue weighted by atomic mass is 32.1. The van der Waals surface area contributed by atoms with E-state index in [9.17, 15) is 0 Å². The van der Waals surface area contributed by atoms with Crippen LogP contribution >= 0.6 is 11.5 Å². The fraction of sp³-hybridized carbons (Fsp3) is 0.750. The molecule has 16 heavy (non-hydrogen) atoms. The molecule has 4 heteroatoms. The van der Waals surface area contributed by atoms with Crippen LogP contribution in [0.5, 0.6) is 0 Å². The first-order chi connectivity index (χ1) is 7.84. The van der Waals surface area contributed by atoms with Gasteiger partial charge < -0.3 is 10.6 Å². The van der Waals surface area contributed by atoms with Crippen LogP contribution < -0.4 is 10.6 Å². The van der Waals surface area contributed by atoms with Gasteiger partial charge in [-0.25, -0.2) is 0 Å². The van der Waals surface area contributed by atoms with Crippen molar-refractivity contribution in [1.82, 2.24) is 4.37 Å². The number of rotatable bonds is 1. The predicted octanol–water partition coefficient (Wildman–Crippen LogP) is 2.88. The van der Waals surface area contributed by atoms with E-state index >= 15 is 0 Å². The van der Waals surface area contributed by atoms with Crippen LogP contribution in [-0.4, -0.2) is 17.0 Å². The molecule has 3 rings (SSSR count). The van der Waals surface area contributed by atoms with Crippen LogP contribution in [0.2, 0.25) is 0 Å². The summed E-state index contributed by atoms with van der Waals surface area (Å²) < 4.78 is 4.21. The molecule has 2 N–H and O–H groups in total. The number of nitrogens with two attached hydrogens (primary N) is 1. The Balaban J connectivity index is 1.82. The standard InChI is InChI=1S/C12H19N3S/c13-11-8-12(16-14-11)15-7-3-5-9-4-1-2-6-10(9)15/h8-10H,1-7H2,(H2,13,14). The largest absolute Gasteiger partial charge is 0.383 e. The zero-order valence-electron chi connectivity index (χ0n) is 9.56. The molecular formula is C12H19N3S. The highest BCUT2D eigenvalue weighted by Crippen LogP contribution is 2.39. The molecule has 2 fully saturated rings. The summed E-state index contributed by atoms with van der Waals surface area (Å²) in [6.07, 6.45) is 8.37. The second-order valence-corrected chi connectivity index (χ2v) is 5.82. The SMILES string of the molecule is Nc1cc(N2CCCC3CCCCC32)sn1. The van der Waals surface area contributed by atoms with Gasteiger partial charge in [-0.3, -0.25) is 0 Å². The highest BCUT2D eigenvalue weighted by Gasteiger charge is 2.33. The maximum absolute atomic E-state index is 5.73. The molecule has 0 bridgehead atoms. The van der Waals surface area contributed by atoms with Crippen LogP contribution in [0.1, 0.15) is 38.5 Å². The Morgan fingerprint density at radius 3 is 2.88 bits per heavy atom. The number of fused-ring (bicyclic) bond motifs is 1. The first-order valence-electron chi connectivity index (χ1n) is 6.33. The van der Waals surface area contributed by atoms with Crippen molar-refractivity contribution in [2.24, 2.45) is 5.92 Å². The number of nitrogen functional groups attached to an aromatic ring is 1. The van der Waals surface area contributed by atoms with E-state index in [4.69, 9.17) is 5.73 Å². The third kappa shape index (κ3) is 1.79. The quantitative estimate of drug-likeness (QED) is 0.816. The molecule has 2 heterocycles. The summed E-state index contributed by atoms with van der Waals surface area (Å²) >= 11 is 1.56. The van der Waals surface area contributed by atoms with E-state index in [0.717, 1.165) is 12.0 Å². The highest BCUT2D eigenvalue weighted by molar-refractivity contribution is 7.10. The lowest BCUT2D eigenvalue weighted by Gasteiger charge is -2.44. The topological polar surface area (TPSA) is 42.1 Å². The van der Waals surface area contributed by atoms with Crippen LogP contribution in [-0.2, 0) is 0 Å². The predicted molar refractivity (Wildman–Crippen MR) is 68.9 cm³/mol. The first kappa shape index (κ1) is 10.4. The molecule has 0 aromatic carbocycles. The minimum Gasteiger partial charge on any atom is -0.383 e. The molecule has 1 saturated carbocycles. The molecule has 0 amide bonds. The lowest BCUT2D eigenvalue weighted by molar-refractivity contribution is 0.244. The van der Waals surface area contributed by atoms with Crippen molar-refractivity contribution in [2.75, 3.05) is 17.2 Å². The Hall–Kier alpha value is -0.770. The fourth-order valence-corrected chi connectivity index (χ4v) is 4.07. The Morgan fingerprint density at radius 1 is 1.25 bits per heavy atom. The van der Waals surface area contributed by atoms with Crippen molar-refractivity contribution in [2.45, 2.75) is 44.6 Å². The van der Waals surface area contributed by atoms with E-state index in [-0.39, 0.29) is 0 Å². The molecule has 1 aromatic rings. The van der Waals surface area contributed by atoms with E-state index in [0.29, 0.717) is 5.82 Å². The molecule has 1 aliphatic carbocycles. The van der Waals surface area contributed by atoms with Gasteiger partial charge in [0.25, 0.3) is 0 Å². The van der Waals surface area contributed by atoms with Crippen LogP contribution in [0.25, 0.3) is 0 Å². The van der Waals surface area contributed by atoms with Gasteiger partial charge >= 0.3 is 0 Å². The van der Waals surface area contributed by atoms with Gasteiger partial charge in [0, 0.05) is 18.7 Å². The third-order valence-electron chi connectivity index (χ3n) is 4.04. The van der Waals surface area contributed by atoms with Crippen LogP contribution in [0.15, 0.2) is 6.07 Å². The van der Waals surface area contributed by atoms with Crippen LogP contribution in [0, 0.1) is 5.92 Å². The summed E-state index contributed by atoms with van der Waals surface area (Å²) in [7, 11) is 0. The Labute approximate surface area is 101 Å². The minimum atomic E-state index is 0.679. The van der Waals surface area contributed by atoms with Gasteiger partial charge in [-0.1, -0.05) is 12.8 Å². The number of hydrogen-bond acceptors (Lipinski definition) is 4. The average Bonchev–Trinajstić information content (AvgIpc) is 2.75. The van der Waals surface area contributed by atoms with Crippen molar-refractivity contribution in [3.8, 4) is 0 Å². The van der Waals surface area contributed by atoms with Gasteiger partial charge in [0.15, 0.2) is 0 Å². The number of hydrogen-bond donors (Lipinski definition) is 1. The minimum absolute atomic E-state index is 0.679. The average molecular weight is 237 g/mol. The van der Waals surface area contributed by atoms with E-state index in [2.05, 4.69) is 9.27 Å². The first-order valence-corrected chi connectivity index (χ1v) is 7.11. The lowest BCUT2D eigenvalue weighted by Crippen LogP contribution is -2.46. The molecule has 2 atom stereocenters. The second kappa shape index (κ2) is 4.24. The normalized spacial score (nSPS) is 30.1. The second-order valence-electron chi connectivity index (χ2n) is 5.04. The summed E-state index contributed by atoms with van der Waals surface area (Å²) in [5.74, 6) is 1.60. The molecule has 1 aliphatic heterocycles. The molecule has 2 unspecified atom stereocenters. The van der Waals surface area contributed by atoms with Gasteiger partial charge in [-0.2, -0.15) is 4.37 Å². The maximum Gasteiger partial charge on any atom is 0.139 e. The molecule has 88 valence electrons. The zero-order chi connectivity index (χ0) is 11.0. The van der Waals surface area contributed by atoms with Crippen molar-refractivity contribution in [1.29, 1.82) is 0 Å². The smallest absolute Gasteiger partial charge is 0.139 e. The molecule has 0 radical (unpaired) electrons. The lowest BCUT2D eigenvalue weighted by atomic mass is 9.78. The molecule has 3 nitrogen and oxygen atoms in total. The molecule has 1 saturated heterocycles. The van der Waals surface area contributed by atoms with Gasteiger partial charge in [-0.15, -0.1) is 0 Å². The van der Waals surface area contributed by atoms with Gasteiger partial charge in [0.1, 0.15) is 10.8 Å². The maximum atomic E-state index is 5.73. The fourth-order valence-electron chi connectivity index (χ4n) is 3.31. The molecule has 0 spiro atoms. The van der Waals surface area contributed by atoms with Gasteiger partial charge in [-0.05, 0) is 43.1 Å². The number of anilines is 2. The summed E-state index contributed by atoms with van der Waals surface area (Å²) in [5.41, 5.74) is 5.73. The van der Waals surface area contributed by atoms with E-state index in [1.54, 1.807) is 11.5 Å². The third-order valence-corrected chi connectivity index (χ3v) is 4.88. The summed E-state index contributed by atoms with van der Waals surface area (Å²) in [5, 5.41) is 1.29. The monoisotopic (exact) mass is 237 g/mol. The number of aromatic nitrogens is 1. The number of piperidine rings is 1. The molecular weight excluding hydrogens is 218 g/mol. The van der Waals surface area contributed by atoms with E-state index < -0.39 is 0 Å².